The average Bonchev–Trinajstić information content (AvgIpc) is 2.91. The van der Waals surface area contributed by atoms with E-state index < -0.39 is 0 Å². The first-order valence-electron chi connectivity index (χ1n) is 8.68. The summed E-state index contributed by atoms with van der Waals surface area (Å²) in [7, 11) is 0. The van der Waals surface area contributed by atoms with Crippen LogP contribution in [0.2, 0.25) is 0 Å². The van der Waals surface area contributed by atoms with Gasteiger partial charge in [-0.05, 0) is 51.5 Å². The monoisotopic (exact) mass is 291 g/mol. The molecule has 1 aromatic heterocycles. The molecular formula is C16H29N5. The van der Waals surface area contributed by atoms with Crippen LogP contribution in [0.3, 0.4) is 0 Å². The van der Waals surface area contributed by atoms with Crippen LogP contribution in [0.25, 0.3) is 0 Å². The first kappa shape index (κ1) is 15.0. The summed E-state index contributed by atoms with van der Waals surface area (Å²) in [6.07, 6.45) is 9.64. The van der Waals surface area contributed by atoms with Gasteiger partial charge >= 0.3 is 0 Å². The normalized spacial score (nSPS) is 26.0. The van der Waals surface area contributed by atoms with Crippen molar-refractivity contribution < 1.29 is 0 Å². The van der Waals surface area contributed by atoms with Gasteiger partial charge in [0.15, 0.2) is 0 Å². The molecule has 0 bridgehead atoms. The van der Waals surface area contributed by atoms with E-state index in [-0.39, 0.29) is 0 Å². The predicted octanol–water partition coefficient (Wildman–Crippen LogP) is 2.10. The van der Waals surface area contributed by atoms with E-state index in [1.54, 1.807) is 0 Å². The van der Waals surface area contributed by atoms with Gasteiger partial charge in [-0.25, -0.2) is 0 Å². The Hall–Kier alpha value is -0.940. The minimum atomic E-state index is 0.422. The number of hydrogen-bond acceptors (Lipinski definition) is 4. The summed E-state index contributed by atoms with van der Waals surface area (Å²) in [5, 5.41) is 8.87. The van der Waals surface area contributed by atoms with Crippen LogP contribution in [-0.4, -0.2) is 38.3 Å². The molecule has 2 N–H and O–H groups in total. The fourth-order valence-electron chi connectivity index (χ4n) is 3.81. The van der Waals surface area contributed by atoms with Gasteiger partial charge in [-0.1, -0.05) is 6.92 Å². The summed E-state index contributed by atoms with van der Waals surface area (Å²) in [4.78, 5) is 2.62. The van der Waals surface area contributed by atoms with E-state index in [1.165, 1.54) is 56.6 Å². The van der Waals surface area contributed by atoms with Crippen molar-refractivity contribution in [3.05, 3.63) is 11.6 Å². The van der Waals surface area contributed by atoms with E-state index in [2.05, 4.69) is 26.6 Å². The lowest BCUT2D eigenvalue weighted by atomic mass is 9.90. The average molecular weight is 291 g/mol. The first-order valence-corrected chi connectivity index (χ1v) is 8.68. The van der Waals surface area contributed by atoms with E-state index in [0.717, 1.165) is 26.1 Å². The number of hydrogen-bond donors (Lipinski definition) is 1. The molecule has 2 heterocycles. The van der Waals surface area contributed by atoms with Crippen molar-refractivity contribution in [1.29, 1.82) is 0 Å². The van der Waals surface area contributed by atoms with Crippen LogP contribution in [-0.2, 0) is 19.5 Å². The molecule has 1 aliphatic heterocycles. The number of rotatable bonds is 5. The molecule has 5 nitrogen and oxygen atoms in total. The zero-order valence-corrected chi connectivity index (χ0v) is 13.3. The molecule has 0 unspecified atom stereocenters. The molecule has 0 spiro atoms. The molecule has 3 rings (SSSR count). The number of fused-ring (bicyclic) bond motifs is 1. The molecule has 1 aliphatic carbocycles. The fraction of sp³-hybridized carbons (Fsp3) is 0.875. The van der Waals surface area contributed by atoms with Gasteiger partial charge in [-0.15, -0.1) is 10.2 Å². The van der Waals surface area contributed by atoms with Gasteiger partial charge in [-0.3, -0.25) is 4.90 Å². The van der Waals surface area contributed by atoms with Crippen LogP contribution in [0, 0.1) is 0 Å². The van der Waals surface area contributed by atoms with E-state index in [1.807, 2.05) is 0 Å². The Kier molecular flexibility index (Phi) is 4.91. The summed E-state index contributed by atoms with van der Waals surface area (Å²) >= 11 is 0. The van der Waals surface area contributed by atoms with Gasteiger partial charge in [0.05, 0.1) is 6.54 Å². The molecule has 1 fully saturated rings. The molecule has 0 aromatic carbocycles. The maximum atomic E-state index is 6.05. The molecule has 0 atom stereocenters. The highest BCUT2D eigenvalue weighted by Gasteiger charge is 2.26. The van der Waals surface area contributed by atoms with Crippen LogP contribution in [0.15, 0.2) is 0 Å². The van der Waals surface area contributed by atoms with Gasteiger partial charge in [0.25, 0.3) is 0 Å². The molecule has 1 saturated carbocycles. The highest BCUT2D eigenvalue weighted by molar-refractivity contribution is 4.99. The minimum Gasteiger partial charge on any atom is -0.328 e. The van der Waals surface area contributed by atoms with Crippen molar-refractivity contribution in [3.8, 4) is 0 Å². The van der Waals surface area contributed by atoms with Gasteiger partial charge in [0.2, 0.25) is 0 Å². The lowest BCUT2D eigenvalue weighted by molar-refractivity contribution is 0.136. The second kappa shape index (κ2) is 6.88. The SMILES string of the molecule is CCCN(Cc1nnc2n1CCCC2)C1CCC(N)CC1. The number of aryl methyl sites for hydroxylation is 1. The standard InChI is InChI=1S/C16H29N5/c1-2-10-20(14-8-6-13(17)7-9-14)12-16-19-18-15-5-3-4-11-21(15)16/h13-14H,2-12,17H2,1H3. The Morgan fingerprint density at radius 3 is 2.76 bits per heavy atom. The lowest BCUT2D eigenvalue weighted by Gasteiger charge is -2.35. The topological polar surface area (TPSA) is 60.0 Å². The van der Waals surface area contributed by atoms with Crippen LogP contribution in [0.5, 0.6) is 0 Å². The van der Waals surface area contributed by atoms with Gasteiger partial charge in [0.1, 0.15) is 11.6 Å². The number of nitrogens with two attached hydrogens (primary N) is 1. The van der Waals surface area contributed by atoms with Crippen LogP contribution < -0.4 is 5.73 Å². The Morgan fingerprint density at radius 2 is 2.00 bits per heavy atom. The second-order valence-corrected chi connectivity index (χ2v) is 6.68. The third kappa shape index (κ3) is 3.46. The number of nitrogens with zero attached hydrogens (tertiary/aromatic N) is 4. The highest BCUT2D eigenvalue weighted by atomic mass is 15.3. The smallest absolute Gasteiger partial charge is 0.147 e. The van der Waals surface area contributed by atoms with Crippen molar-refractivity contribution in [2.45, 2.75) is 83.5 Å². The van der Waals surface area contributed by atoms with E-state index in [4.69, 9.17) is 5.73 Å². The van der Waals surface area contributed by atoms with Crippen molar-refractivity contribution in [2.75, 3.05) is 6.54 Å². The van der Waals surface area contributed by atoms with Crippen molar-refractivity contribution in [1.82, 2.24) is 19.7 Å². The molecule has 0 saturated heterocycles. The van der Waals surface area contributed by atoms with Gasteiger partial charge in [0, 0.05) is 25.0 Å². The molecule has 118 valence electrons. The molecule has 1 aromatic rings. The summed E-state index contributed by atoms with van der Waals surface area (Å²) < 4.78 is 2.36. The van der Waals surface area contributed by atoms with Crippen molar-refractivity contribution >= 4 is 0 Å². The maximum Gasteiger partial charge on any atom is 0.147 e. The minimum absolute atomic E-state index is 0.422. The van der Waals surface area contributed by atoms with Crippen LogP contribution in [0.1, 0.15) is 63.5 Å². The summed E-state index contributed by atoms with van der Waals surface area (Å²) in [6, 6.07) is 1.10. The Balaban J connectivity index is 1.68. The zero-order valence-electron chi connectivity index (χ0n) is 13.3. The Bertz CT molecular complexity index is 448. The maximum absolute atomic E-state index is 6.05. The first-order chi connectivity index (χ1) is 10.3. The Labute approximate surface area is 127 Å². The molecule has 2 aliphatic rings. The molecular weight excluding hydrogens is 262 g/mol. The van der Waals surface area contributed by atoms with E-state index in [0.29, 0.717) is 12.1 Å². The van der Waals surface area contributed by atoms with E-state index in [9.17, 15) is 0 Å². The van der Waals surface area contributed by atoms with Crippen LogP contribution >= 0.6 is 0 Å². The summed E-state index contributed by atoms with van der Waals surface area (Å²) in [6.45, 7) is 5.48. The van der Waals surface area contributed by atoms with E-state index >= 15 is 0 Å². The largest absolute Gasteiger partial charge is 0.328 e. The van der Waals surface area contributed by atoms with Crippen molar-refractivity contribution in [3.63, 3.8) is 0 Å². The quantitative estimate of drug-likeness (QED) is 0.902. The molecule has 0 radical (unpaired) electrons. The zero-order chi connectivity index (χ0) is 14.7. The highest BCUT2D eigenvalue weighted by Crippen LogP contribution is 2.24. The molecule has 0 amide bonds. The van der Waals surface area contributed by atoms with Crippen molar-refractivity contribution in [2.24, 2.45) is 5.73 Å². The predicted molar refractivity (Wildman–Crippen MR) is 83.9 cm³/mol. The third-order valence-corrected chi connectivity index (χ3v) is 5.05. The van der Waals surface area contributed by atoms with Crippen LogP contribution in [0.4, 0.5) is 0 Å². The molecule has 21 heavy (non-hydrogen) atoms. The van der Waals surface area contributed by atoms with Gasteiger partial charge < -0.3 is 10.3 Å². The fourth-order valence-corrected chi connectivity index (χ4v) is 3.81. The summed E-state index contributed by atoms with van der Waals surface area (Å²) in [5.41, 5.74) is 6.05. The second-order valence-electron chi connectivity index (χ2n) is 6.68. The van der Waals surface area contributed by atoms with Gasteiger partial charge in [-0.2, -0.15) is 0 Å². The Morgan fingerprint density at radius 1 is 1.19 bits per heavy atom. The summed E-state index contributed by atoms with van der Waals surface area (Å²) in [5.74, 6) is 2.37. The molecule has 5 heteroatoms. The number of aromatic nitrogens is 3. The lowest BCUT2D eigenvalue weighted by Crippen LogP contribution is -2.41. The third-order valence-electron chi connectivity index (χ3n) is 5.05.